The minimum absolute atomic E-state index is 0.171. The predicted molar refractivity (Wildman–Crippen MR) is 92.5 cm³/mol. The van der Waals surface area contributed by atoms with Gasteiger partial charge in [-0.3, -0.25) is 4.79 Å². The van der Waals surface area contributed by atoms with Crippen molar-refractivity contribution in [1.82, 2.24) is 9.62 Å². The van der Waals surface area contributed by atoms with Crippen molar-refractivity contribution in [2.75, 3.05) is 26.3 Å². The number of hydrogen-bond donors (Lipinski definition) is 1. The summed E-state index contributed by atoms with van der Waals surface area (Å²) in [5.41, 5.74) is 0.473. The lowest BCUT2D eigenvalue weighted by Crippen LogP contribution is -2.46. The zero-order valence-electron chi connectivity index (χ0n) is 14.3. The average Bonchev–Trinajstić information content (AvgIpc) is 2.59. The molecular formula is C17H26N2O4S. The molecule has 134 valence electrons. The molecule has 1 unspecified atom stereocenters. The third-order valence-corrected chi connectivity index (χ3v) is 6.12. The molecule has 7 heteroatoms. The van der Waals surface area contributed by atoms with Crippen molar-refractivity contribution in [3.63, 3.8) is 0 Å². The third-order valence-electron chi connectivity index (χ3n) is 4.10. The summed E-state index contributed by atoms with van der Waals surface area (Å²) in [5, 5.41) is 2.85. The third kappa shape index (κ3) is 4.55. The zero-order valence-corrected chi connectivity index (χ0v) is 15.1. The number of carbonyl (C=O) groups is 1. The van der Waals surface area contributed by atoms with Crippen molar-refractivity contribution in [3.05, 3.63) is 29.8 Å². The van der Waals surface area contributed by atoms with Crippen LogP contribution in [0.2, 0.25) is 0 Å². The second-order valence-electron chi connectivity index (χ2n) is 6.03. The van der Waals surface area contributed by atoms with Gasteiger partial charge in [0.1, 0.15) is 0 Å². The molecule has 0 aromatic heterocycles. The molecule has 1 saturated heterocycles. The monoisotopic (exact) mass is 354 g/mol. The van der Waals surface area contributed by atoms with Gasteiger partial charge in [0.15, 0.2) is 0 Å². The van der Waals surface area contributed by atoms with Crippen LogP contribution in [0.1, 0.15) is 43.5 Å². The van der Waals surface area contributed by atoms with Crippen LogP contribution >= 0.6 is 0 Å². The maximum Gasteiger partial charge on any atom is 0.251 e. The lowest BCUT2D eigenvalue weighted by molar-refractivity contribution is 0.0393. The van der Waals surface area contributed by atoms with Crippen molar-refractivity contribution in [3.8, 4) is 0 Å². The lowest BCUT2D eigenvalue weighted by atomic mass is 10.2. The van der Waals surface area contributed by atoms with Gasteiger partial charge in [-0.25, -0.2) is 8.42 Å². The Morgan fingerprint density at radius 3 is 2.62 bits per heavy atom. The summed E-state index contributed by atoms with van der Waals surface area (Å²) in [4.78, 5) is 12.2. The highest BCUT2D eigenvalue weighted by molar-refractivity contribution is 7.89. The van der Waals surface area contributed by atoms with Gasteiger partial charge in [0, 0.05) is 24.7 Å². The minimum Gasteiger partial charge on any atom is -0.378 e. The van der Waals surface area contributed by atoms with Crippen LogP contribution in [-0.4, -0.2) is 51.0 Å². The molecule has 1 fully saturated rings. The first kappa shape index (κ1) is 18.9. The normalized spacial score (nSPS) is 19.2. The fraction of sp³-hybridized carbons (Fsp3) is 0.588. The molecule has 1 N–H and O–H groups in total. The first-order chi connectivity index (χ1) is 11.5. The number of sulfonamides is 1. The summed E-state index contributed by atoms with van der Waals surface area (Å²) in [6.07, 6.45) is 3.13. The Labute approximate surface area is 144 Å². The van der Waals surface area contributed by atoms with E-state index in [1.165, 1.54) is 16.4 Å². The summed E-state index contributed by atoms with van der Waals surface area (Å²) < 4.78 is 32.1. The maximum absolute atomic E-state index is 12.7. The summed E-state index contributed by atoms with van der Waals surface area (Å²) in [6.45, 7) is 5.73. The Hall–Kier alpha value is -1.44. The van der Waals surface area contributed by atoms with Crippen LogP contribution in [0.4, 0.5) is 0 Å². The van der Waals surface area contributed by atoms with Gasteiger partial charge in [0.05, 0.1) is 18.1 Å². The molecule has 1 atom stereocenters. The fourth-order valence-electron chi connectivity index (χ4n) is 2.66. The van der Waals surface area contributed by atoms with E-state index in [1.54, 1.807) is 12.1 Å². The van der Waals surface area contributed by atoms with Crippen LogP contribution < -0.4 is 5.32 Å². The Balaban J connectivity index is 2.04. The van der Waals surface area contributed by atoms with E-state index in [2.05, 4.69) is 12.2 Å². The van der Waals surface area contributed by atoms with Crippen LogP contribution in [0.5, 0.6) is 0 Å². The highest BCUT2D eigenvalue weighted by Gasteiger charge is 2.31. The van der Waals surface area contributed by atoms with E-state index in [1.807, 2.05) is 6.92 Å². The van der Waals surface area contributed by atoms with Gasteiger partial charge in [-0.2, -0.15) is 4.31 Å². The number of unbranched alkanes of at least 4 members (excludes halogenated alkanes) is 2. The van der Waals surface area contributed by atoms with Crippen LogP contribution in [0.3, 0.4) is 0 Å². The number of hydrogen-bond acceptors (Lipinski definition) is 4. The van der Waals surface area contributed by atoms with Gasteiger partial charge in [-0.15, -0.1) is 0 Å². The summed E-state index contributed by atoms with van der Waals surface area (Å²) >= 11 is 0. The molecular weight excluding hydrogens is 328 g/mol. The maximum atomic E-state index is 12.7. The van der Waals surface area contributed by atoms with Gasteiger partial charge in [0.2, 0.25) is 10.0 Å². The molecule has 2 rings (SSSR count). The van der Waals surface area contributed by atoms with Crippen molar-refractivity contribution in [2.45, 2.75) is 44.0 Å². The van der Waals surface area contributed by atoms with E-state index in [4.69, 9.17) is 4.74 Å². The Bertz CT molecular complexity index is 643. The van der Waals surface area contributed by atoms with E-state index in [0.717, 1.165) is 19.3 Å². The van der Waals surface area contributed by atoms with Gasteiger partial charge < -0.3 is 10.1 Å². The largest absolute Gasteiger partial charge is 0.378 e. The SMILES string of the molecule is CCCCCNC(=O)c1ccc(S(=O)(=O)N2CCOCC2C)cc1. The zero-order chi connectivity index (χ0) is 17.6. The van der Waals surface area contributed by atoms with E-state index < -0.39 is 10.0 Å². The summed E-state index contributed by atoms with van der Waals surface area (Å²) in [5.74, 6) is -0.171. The number of benzene rings is 1. The lowest BCUT2D eigenvalue weighted by Gasteiger charge is -2.32. The van der Waals surface area contributed by atoms with Crippen LogP contribution in [0.25, 0.3) is 0 Å². The predicted octanol–water partition coefficient (Wildman–Crippen LogP) is 2.02. The second kappa shape index (κ2) is 8.60. The molecule has 1 aromatic carbocycles. The molecule has 0 radical (unpaired) electrons. The average molecular weight is 354 g/mol. The number of carbonyl (C=O) groups excluding carboxylic acids is 1. The Kier molecular flexibility index (Phi) is 6.77. The van der Waals surface area contributed by atoms with Crippen LogP contribution in [0.15, 0.2) is 29.2 Å². The molecule has 1 aliphatic rings. The first-order valence-electron chi connectivity index (χ1n) is 8.44. The highest BCUT2D eigenvalue weighted by atomic mass is 32.2. The molecule has 0 aliphatic carbocycles. The number of nitrogens with one attached hydrogen (secondary N) is 1. The Morgan fingerprint density at radius 2 is 2.00 bits per heavy atom. The molecule has 1 amide bonds. The van der Waals surface area contributed by atoms with E-state index in [9.17, 15) is 13.2 Å². The first-order valence-corrected chi connectivity index (χ1v) is 9.88. The molecule has 0 bridgehead atoms. The molecule has 0 saturated carbocycles. The van der Waals surface area contributed by atoms with Crippen LogP contribution in [0, 0.1) is 0 Å². The van der Waals surface area contributed by atoms with Gasteiger partial charge >= 0.3 is 0 Å². The van der Waals surface area contributed by atoms with Crippen molar-refractivity contribution < 1.29 is 17.9 Å². The number of ether oxygens (including phenoxy) is 1. The quantitative estimate of drug-likeness (QED) is 0.760. The second-order valence-corrected chi connectivity index (χ2v) is 7.92. The highest BCUT2D eigenvalue weighted by Crippen LogP contribution is 2.20. The summed E-state index contributed by atoms with van der Waals surface area (Å²) in [7, 11) is -3.56. The fourth-order valence-corrected chi connectivity index (χ4v) is 4.26. The van der Waals surface area contributed by atoms with Crippen molar-refractivity contribution >= 4 is 15.9 Å². The smallest absolute Gasteiger partial charge is 0.251 e. The topological polar surface area (TPSA) is 75.7 Å². The number of rotatable bonds is 7. The van der Waals surface area contributed by atoms with Gasteiger partial charge in [-0.05, 0) is 37.6 Å². The standard InChI is InChI=1S/C17H26N2O4S/c1-3-4-5-10-18-17(20)15-6-8-16(9-7-15)24(21,22)19-11-12-23-13-14(19)2/h6-9,14H,3-5,10-13H2,1-2H3,(H,18,20). The van der Waals surface area contributed by atoms with Crippen molar-refractivity contribution in [1.29, 1.82) is 0 Å². The Morgan fingerprint density at radius 1 is 1.29 bits per heavy atom. The molecule has 6 nitrogen and oxygen atoms in total. The number of nitrogens with zero attached hydrogens (tertiary/aromatic N) is 1. The van der Waals surface area contributed by atoms with E-state index >= 15 is 0 Å². The minimum atomic E-state index is -3.56. The molecule has 0 spiro atoms. The van der Waals surface area contributed by atoms with E-state index in [-0.39, 0.29) is 16.8 Å². The summed E-state index contributed by atoms with van der Waals surface area (Å²) in [6, 6.07) is 5.93. The molecule has 24 heavy (non-hydrogen) atoms. The van der Waals surface area contributed by atoms with Crippen LogP contribution in [-0.2, 0) is 14.8 Å². The van der Waals surface area contributed by atoms with Gasteiger partial charge in [0.25, 0.3) is 5.91 Å². The number of morpholine rings is 1. The number of amides is 1. The van der Waals surface area contributed by atoms with Crippen molar-refractivity contribution in [2.24, 2.45) is 0 Å². The molecule has 1 aromatic rings. The molecule has 1 heterocycles. The van der Waals surface area contributed by atoms with E-state index in [0.29, 0.717) is 31.9 Å². The molecule has 1 aliphatic heterocycles. The van der Waals surface area contributed by atoms with Gasteiger partial charge in [-0.1, -0.05) is 19.8 Å².